The monoisotopic (exact) mass is 321 g/mol. The predicted octanol–water partition coefficient (Wildman–Crippen LogP) is 4.53. The van der Waals surface area contributed by atoms with E-state index in [1.807, 2.05) is 31.2 Å². The average Bonchev–Trinajstić information content (AvgIpc) is 2.59. The van der Waals surface area contributed by atoms with E-state index in [9.17, 15) is 9.18 Å². The lowest BCUT2D eigenvalue weighted by Gasteiger charge is -2.09. The van der Waals surface area contributed by atoms with Crippen LogP contribution in [0.15, 0.2) is 66.9 Å². The third-order valence-corrected chi connectivity index (χ3v) is 3.52. The van der Waals surface area contributed by atoms with Gasteiger partial charge in [0.1, 0.15) is 11.5 Å². The molecule has 1 amide bonds. The number of nitrogens with zero attached hydrogens (tertiary/aromatic N) is 1. The number of anilines is 3. The SMILES string of the molecule is Cc1ccccc1NC(=O)c1ccc(Nc2ccc(F)cc2)cn1. The number of para-hydroxylation sites is 1. The van der Waals surface area contributed by atoms with E-state index in [1.54, 1.807) is 30.5 Å². The van der Waals surface area contributed by atoms with Crippen LogP contribution in [0, 0.1) is 12.7 Å². The first-order valence-electron chi connectivity index (χ1n) is 7.47. The Bertz CT molecular complexity index is 845. The van der Waals surface area contributed by atoms with Crippen LogP contribution in [0.1, 0.15) is 16.1 Å². The van der Waals surface area contributed by atoms with Crippen LogP contribution in [0.5, 0.6) is 0 Å². The summed E-state index contributed by atoms with van der Waals surface area (Å²) in [6, 6.07) is 17.0. The fourth-order valence-corrected chi connectivity index (χ4v) is 2.20. The van der Waals surface area contributed by atoms with Gasteiger partial charge in [0.25, 0.3) is 5.91 Å². The second kappa shape index (κ2) is 6.91. The summed E-state index contributed by atoms with van der Waals surface area (Å²) < 4.78 is 12.9. The van der Waals surface area contributed by atoms with E-state index < -0.39 is 0 Å². The highest BCUT2D eigenvalue weighted by Gasteiger charge is 2.09. The van der Waals surface area contributed by atoms with E-state index in [0.29, 0.717) is 11.4 Å². The minimum absolute atomic E-state index is 0.266. The number of pyridine rings is 1. The number of halogens is 1. The van der Waals surface area contributed by atoms with Crippen molar-refractivity contribution in [2.24, 2.45) is 0 Å². The molecular weight excluding hydrogens is 305 g/mol. The van der Waals surface area contributed by atoms with Gasteiger partial charge in [0.05, 0.1) is 11.9 Å². The van der Waals surface area contributed by atoms with Crippen LogP contribution in [0.4, 0.5) is 21.5 Å². The zero-order valence-corrected chi connectivity index (χ0v) is 13.1. The Hall–Kier alpha value is -3.21. The summed E-state index contributed by atoms with van der Waals surface area (Å²) >= 11 is 0. The zero-order chi connectivity index (χ0) is 16.9. The summed E-state index contributed by atoms with van der Waals surface area (Å²) in [6.07, 6.45) is 1.57. The molecule has 24 heavy (non-hydrogen) atoms. The number of aryl methyl sites for hydroxylation is 1. The molecule has 0 unspecified atom stereocenters. The topological polar surface area (TPSA) is 54.0 Å². The van der Waals surface area contributed by atoms with Gasteiger partial charge in [-0.25, -0.2) is 9.37 Å². The van der Waals surface area contributed by atoms with Gasteiger partial charge >= 0.3 is 0 Å². The lowest BCUT2D eigenvalue weighted by Crippen LogP contribution is -2.14. The maximum Gasteiger partial charge on any atom is 0.274 e. The van der Waals surface area contributed by atoms with Crippen molar-refractivity contribution in [1.29, 1.82) is 0 Å². The highest BCUT2D eigenvalue weighted by molar-refractivity contribution is 6.03. The summed E-state index contributed by atoms with van der Waals surface area (Å²) in [6.45, 7) is 1.93. The first kappa shape index (κ1) is 15.7. The molecule has 2 aromatic carbocycles. The molecule has 1 heterocycles. The minimum atomic E-state index is -0.290. The van der Waals surface area contributed by atoms with Gasteiger partial charge in [0.2, 0.25) is 0 Å². The Morgan fingerprint density at radius 2 is 1.67 bits per heavy atom. The molecule has 0 spiro atoms. The Labute approximate surface area is 139 Å². The van der Waals surface area contributed by atoms with Crippen LogP contribution in [0.3, 0.4) is 0 Å². The van der Waals surface area contributed by atoms with Crippen molar-refractivity contribution in [1.82, 2.24) is 4.98 Å². The number of rotatable bonds is 4. The number of nitrogens with one attached hydrogen (secondary N) is 2. The van der Waals surface area contributed by atoms with Crippen LogP contribution in [0.25, 0.3) is 0 Å². The van der Waals surface area contributed by atoms with Crippen molar-refractivity contribution in [3.8, 4) is 0 Å². The number of hydrogen-bond donors (Lipinski definition) is 2. The molecule has 0 aliphatic heterocycles. The van der Waals surface area contributed by atoms with Gasteiger partial charge in [-0.2, -0.15) is 0 Å². The van der Waals surface area contributed by atoms with Crippen molar-refractivity contribution >= 4 is 23.0 Å². The molecule has 2 N–H and O–H groups in total. The van der Waals surface area contributed by atoms with Gasteiger partial charge in [-0.15, -0.1) is 0 Å². The van der Waals surface area contributed by atoms with Crippen LogP contribution in [-0.4, -0.2) is 10.9 Å². The largest absolute Gasteiger partial charge is 0.354 e. The molecule has 4 nitrogen and oxygen atoms in total. The second-order valence-corrected chi connectivity index (χ2v) is 5.33. The molecule has 0 saturated carbocycles. The molecule has 0 radical (unpaired) electrons. The number of carbonyl (C=O) groups is 1. The van der Waals surface area contributed by atoms with E-state index >= 15 is 0 Å². The van der Waals surface area contributed by atoms with Crippen LogP contribution in [0.2, 0.25) is 0 Å². The molecular formula is C19H16FN3O. The predicted molar refractivity (Wildman–Crippen MR) is 93.1 cm³/mol. The smallest absolute Gasteiger partial charge is 0.274 e. The van der Waals surface area contributed by atoms with E-state index in [4.69, 9.17) is 0 Å². The number of hydrogen-bond acceptors (Lipinski definition) is 3. The average molecular weight is 321 g/mol. The van der Waals surface area contributed by atoms with E-state index in [0.717, 1.165) is 16.9 Å². The Kier molecular flexibility index (Phi) is 4.52. The van der Waals surface area contributed by atoms with Crippen LogP contribution >= 0.6 is 0 Å². The summed E-state index contributed by atoms with van der Waals surface area (Å²) in [5.41, 5.74) is 3.53. The fraction of sp³-hybridized carbons (Fsp3) is 0.0526. The van der Waals surface area contributed by atoms with E-state index in [1.165, 1.54) is 12.1 Å². The van der Waals surface area contributed by atoms with Gasteiger partial charge < -0.3 is 10.6 Å². The molecule has 0 aliphatic carbocycles. The second-order valence-electron chi connectivity index (χ2n) is 5.33. The number of aromatic nitrogens is 1. The molecule has 0 bridgehead atoms. The Balaban J connectivity index is 1.68. The molecule has 0 saturated heterocycles. The van der Waals surface area contributed by atoms with Crippen molar-refractivity contribution in [3.63, 3.8) is 0 Å². The zero-order valence-electron chi connectivity index (χ0n) is 13.1. The lowest BCUT2D eigenvalue weighted by molar-refractivity contribution is 0.102. The minimum Gasteiger partial charge on any atom is -0.354 e. The van der Waals surface area contributed by atoms with Gasteiger partial charge in [-0.3, -0.25) is 4.79 Å². The Morgan fingerprint density at radius 3 is 2.33 bits per heavy atom. The molecule has 0 atom stereocenters. The summed E-state index contributed by atoms with van der Waals surface area (Å²) in [5.74, 6) is -0.556. The lowest BCUT2D eigenvalue weighted by atomic mass is 10.2. The number of carbonyl (C=O) groups excluding carboxylic acids is 1. The first-order valence-corrected chi connectivity index (χ1v) is 7.47. The summed E-state index contributed by atoms with van der Waals surface area (Å²) in [7, 11) is 0. The Morgan fingerprint density at radius 1 is 0.958 bits per heavy atom. The standard InChI is InChI=1S/C19H16FN3O/c1-13-4-2-3-5-17(13)23-19(24)18-11-10-16(12-21-18)22-15-8-6-14(20)7-9-15/h2-12,22H,1H3,(H,23,24). The number of benzene rings is 2. The molecule has 1 aromatic heterocycles. The maximum atomic E-state index is 12.9. The van der Waals surface area contributed by atoms with E-state index in [2.05, 4.69) is 15.6 Å². The van der Waals surface area contributed by atoms with E-state index in [-0.39, 0.29) is 11.7 Å². The van der Waals surface area contributed by atoms with Crippen molar-refractivity contribution < 1.29 is 9.18 Å². The molecule has 5 heteroatoms. The quantitative estimate of drug-likeness (QED) is 0.742. The molecule has 0 fully saturated rings. The van der Waals surface area contributed by atoms with Gasteiger partial charge in [-0.05, 0) is 55.0 Å². The first-order chi connectivity index (χ1) is 11.6. The third-order valence-electron chi connectivity index (χ3n) is 3.52. The van der Waals surface area contributed by atoms with Gasteiger partial charge in [-0.1, -0.05) is 18.2 Å². The molecule has 3 rings (SSSR count). The normalized spacial score (nSPS) is 10.2. The highest BCUT2D eigenvalue weighted by atomic mass is 19.1. The van der Waals surface area contributed by atoms with Crippen molar-refractivity contribution in [3.05, 3.63) is 83.9 Å². The fourth-order valence-electron chi connectivity index (χ4n) is 2.20. The van der Waals surface area contributed by atoms with Crippen molar-refractivity contribution in [2.75, 3.05) is 10.6 Å². The molecule has 0 aliphatic rings. The van der Waals surface area contributed by atoms with Crippen LogP contribution < -0.4 is 10.6 Å². The molecule has 3 aromatic rings. The number of amides is 1. The molecule has 120 valence electrons. The maximum absolute atomic E-state index is 12.9. The highest BCUT2D eigenvalue weighted by Crippen LogP contribution is 2.17. The van der Waals surface area contributed by atoms with Crippen LogP contribution in [-0.2, 0) is 0 Å². The van der Waals surface area contributed by atoms with Gasteiger partial charge in [0.15, 0.2) is 0 Å². The van der Waals surface area contributed by atoms with Crippen molar-refractivity contribution in [2.45, 2.75) is 6.92 Å². The summed E-state index contributed by atoms with van der Waals surface area (Å²) in [4.78, 5) is 16.4. The third kappa shape index (κ3) is 3.76. The van der Waals surface area contributed by atoms with Gasteiger partial charge in [0, 0.05) is 11.4 Å². The summed E-state index contributed by atoms with van der Waals surface area (Å²) in [5, 5.41) is 5.93.